The summed E-state index contributed by atoms with van der Waals surface area (Å²) in [5.74, 6) is 0. The predicted molar refractivity (Wildman–Crippen MR) is 72.8 cm³/mol. The first kappa shape index (κ1) is 13.3. The van der Waals surface area contributed by atoms with Crippen LogP contribution < -0.4 is 5.32 Å². The topological polar surface area (TPSA) is 85.1 Å². The molecule has 20 heavy (non-hydrogen) atoms. The van der Waals surface area contributed by atoms with Crippen LogP contribution in [0.2, 0.25) is 0 Å². The number of nitrogens with one attached hydrogen (secondary N) is 1. The molecule has 1 aliphatic rings. The summed E-state index contributed by atoms with van der Waals surface area (Å²) in [6.45, 7) is 1.41. The summed E-state index contributed by atoms with van der Waals surface area (Å²) < 4.78 is 30.0. The minimum absolute atomic E-state index is 0.0457. The maximum atomic E-state index is 12.7. The Hall–Kier alpha value is -1.73. The molecule has 1 aromatic heterocycles. The molecule has 0 bridgehead atoms. The first-order valence-electron chi connectivity index (χ1n) is 6.52. The van der Waals surface area contributed by atoms with Crippen LogP contribution in [-0.2, 0) is 9.84 Å². The van der Waals surface area contributed by atoms with Gasteiger partial charge < -0.3 is 5.32 Å². The second-order valence-corrected chi connectivity index (χ2v) is 6.92. The van der Waals surface area contributed by atoms with Gasteiger partial charge in [-0.2, -0.15) is 0 Å². The first-order chi connectivity index (χ1) is 9.69. The molecule has 0 aliphatic carbocycles. The molecule has 0 atom stereocenters. The van der Waals surface area contributed by atoms with Crippen molar-refractivity contribution in [3.05, 3.63) is 30.3 Å². The van der Waals surface area contributed by atoms with Crippen LogP contribution in [-0.4, -0.2) is 37.1 Å². The van der Waals surface area contributed by atoms with Gasteiger partial charge in [-0.25, -0.2) is 13.0 Å². The van der Waals surface area contributed by atoms with Gasteiger partial charge in [-0.3, -0.25) is 0 Å². The maximum absolute atomic E-state index is 12.7. The van der Waals surface area contributed by atoms with Crippen molar-refractivity contribution in [2.24, 2.45) is 0 Å². The molecule has 6 nitrogen and oxygen atoms in total. The van der Waals surface area contributed by atoms with Crippen molar-refractivity contribution >= 4 is 9.84 Å². The van der Waals surface area contributed by atoms with E-state index in [0.29, 0.717) is 37.2 Å². The molecule has 2 aromatic rings. The van der Waals surface area contributed by atoms with Gasteiger partial charge >= 0.3 is 0 Å². The fourth-order valence-corrected chi connectivity index (χ4v) is 4.14. The van der Waals surface area contributed by atoms with E-state index >= 15 is 0 Å². The molecule has 0 radical (unpaired) electrons. The number of sulfone groups is 1. The van der Waals surface area contributed by atoms with Gasteiger partial charge in [0.05, 0.1) is 5.25 Å². The Balaban J connectivity index is 2.01. The maximum Gasteiger partial charge on any atom is 0.227 e. The Labute approximate surface area is 117 Å². The van der Waals surface area contributed by atoms with E-state index in [0.717, 1.165) is 0 Å². The number of benzene rings is 1. The van der Waals surface area contributed by atoms with E-state index in [1.165, 1.54) is 0 Å². The summed E-state index contributed by atoms with van der Waals surface area (Å²) >= 11 is 0. The van der Waals surface area contributed by atoms with E-state index < -0.39 is 15.1 Å². The van der Waals surface area contributed by atoms with Gasteiger partial charge in [-0.1, -0.05) is 30.3 Å². The highest BCUT2D eigenvalue weighted by Gasteiger charge is 2.34. The number of hydrogen-bond acceptors (Lipinski definition) is 6. The van der Waals surface area contributed by atoms with Crippen molar-refractivity contribution in [3.8, 4) is 11.3 Å². The van der Waals surface area contributed by atoms with Crippen LogP contribution in [0.5, 0.6) is 0 Å². The normalized spacial score (nSPS) is 17.2. The van der Waals surface area contributed by atoms with Crippen LogP contribution in [0.1, 0.15) is 12.8 Å². The Bertz CT molecular complexity index is 676. The zero-order chi connectivity index (χ0) is 14.0. The monoisotopic (exact) mass is 293 g/mol. The van der Waals surface area contributed by atoms with E-state index in [1.807, 2.05) is 18.2 Å². The largest absolute Gasteiger partial charge is 0.317 e. The van der Waals surface area contributed by atoms with Crippen molar-refractivity contribution in [1.82, 2.24) is 15.6 Å². The van der Waals surface area contributed by atoms with Gasteiger partial charge in [-0.05, 0) is 36.2 Å². The molecular weight excluding hydrogens is 278 g/mol. The lowest BCUT2D eigenvalue weighted by Crippen LogP contribution is -2.36. The van der Waals surface area contributed by atoms with Crippen LogP contribution in [0.25, 0.3) is 11.3 Å². The third-order valence-corrected chi connectivity index (χ3v) is 5.66. The number of piperidine rings is 1. The van der Waals surface area contributed by atoms with Crippen LogP contribution in [0.3, 0.4) is 0 Å². The van der Waals surface area contributed by atoms with Crippen molar-refractivity contribution in [1.29, 1.82) is 0 Å². The van der Waals surface area contributed by atoms with Crippen molar-refractivity contribution < 1.29 is 13.0 Å². The van der Waals surface area contributed by atoms with Crippen molar-refractivity contribution in [3.63, 3.8) is 0 Å². The smallest absolute Gasteiger partial charge is 0.227 e. The second kappa shape index (κ2) is 5.34. The van der Waals surface area contributed by atoms with Gasteiger partial charge in [0, 0.05) is 5.56 Å². The molecule has 0 saturated carbocycles. The number of nitrogens with zero attached hydrogens (tertiary/aromatic N) is 2. The van der Waals surface area contributed by atoms with Gasteiger partial charge in [0.25, 0.3) is 0 Å². The molecule has 1 fully saturated rings. The highest BCUT2D eigenvalue weighted by atomic mass is 32.2. The molecule has 1 aliphatic heterocycles. The van der Waals surface area contributed by atoms with Gasteiger partial charge in [0.2, 0.25) is 14.9 Å². The fourth-order valence-electron chi connectivity index (χ4n) is 2.40. The quantitative estimate of drug-likeness (QED) is 0.917. The van der Waals surface area contributed by atoms with Crippen molar-refractivity contribution in [2.45, 2.75) is 23.1 Å². The van der Waals surface area contributed by atoms with Crippen molar-refractivity contribution in [2.75, 3.05) is 13.1 Å². The van der Waals surface area contributed by atoms with E-state index in [2.05, 4.69) is 20.3 Å². The molecule has 106 valence electrons. The highest BCUT2D eigenvalue weighted by Crippen LogP contribution is 2.28. The van der Waals surface area contributed by atoms with E-state index in [1.54, 1.807) is 12.1 Å². The summed E-state index contributed by atoms with van der Waals surface area (Å²) in [6.07, 6.45) is 1.17. The Kier molecular flexibility index (Phi) is 3.54. The van der Waals surface area contributed by atoms with Crippen LogP contribution in [0.4, 0.5) is 0 Å². The second-order valence-electron chi connectivity index (χ2n) is 4.78. The summed E-state index contributed by atoms with van der Waals surface area (Å²) in [5, 5.41) is 10.1. The summed E-state index contributed by atoms with van der Waals surface area (Å²) in [6, 6.07) is 9.09. The van der Waals surface area contributed by atoms with E-state index in [9.17, 15) is 8.42 Å². The summed E-state index contributed by atoms with van der Waals surface area (Å²) in [4.78, 5) is 0. The zero-order valence-corrected chi connectivity index (χ0v) is 11.6. The van der Waals surface area contributed by atoms with Crippen LogP contribution >= 0.6 is 0 Å². The molecule has 1 aromatic carbocycles. The van der Waals surface area contributed by atoms with Crippen LogP contribution in [0, 0.1) is 0 Å². The number of rotatable bonds is 3. The molecule has 0 spiro atoms. The molecule has 2 heterocycles. The molecule has 7 heteroatoms. The summed E-state index contributed by atoms with van der Waals surface area (Å²) in [5.41, 5.74) is 0.991. The molecule has 0 amide bonds. The molecule has 0 unspecified atom stereocenters. The SMILES string of the molecule is O=S(=O)(c1nonc1-c1ccccc1)C1CCNCC1. The average Bonchev–Trinajstić information content (AvgIpc) is 2.99. The number of hydrogen-bond donors (Lipinski definition) is 1. The van der Waals surface area contributed by atoms with Crippen LogP contribution in [0.15, 0.2) is 40.0 Å². The first-order valence-corrected chi connectivity index (χ1v) is 8.07. The lowest BCUT2D eigenvalue weighted by molar-refractivity contribution is 0.298. The van der Waals surface area contributed by atoms with E-state index in [-0.39, 0.29) is 5.03 Å². The Morgan fingerprint density at radius 3 is 2.50 bits per heavy atom. The van der Waals surface area contributed by atoms with E-state index in [4.69, 9.17) is 0 Å². The Morgan fingerprint density at radius 1 is 1.10 bits per heavy atom. The lowest BCUT2D eigenvalue weighted by Gasteiger charge is -2.21. The third kappa shape index (κ3) is 2.34. The minimum atomic E-state index is -3.50. The fraction of sp³-hybridized carbons (Fsp3) is 0.385. The molecular formula is C13H15N3O3S. The zero-order valence-electron chi connectivity index (χ0n) is 10.8. The summed E-state index contributed by atoms with van der Waals surface area (Å²) in [7, 11) is -3.50. The van der Waals surface area contributed by atoms with Gasteiger partial charge in [0.15, 0.2) is 5.69 Å². The standard InChI is InChI=1S/C13H15N3O3S/c17-20(18,11-6-8-14-9-7-11)13-12(15-19-16-13)10-4-2-1-3-5-10/h1-5,11,14H,6-9H2. The Morgan fingerprint density at radius 2 is 1.80 bits per heavy atom. The predicted octanol–water partition coefficient (Wildman–Crippen LogP) is 1.26. The minimum Gasteiger partial charge on any atom is -0.317 e. The highest BCUT2D eigenvalue weighted by molar-refractivity contribution is 7.92. The molecule has 1 N–H and O–H groups in total. The number of aromatic nitrogens is 2. The molecule has 1 saturated heterocycles. The lowest BCUT2D eigenvalue weighted by atomic mass is 10.2. The molecule has 3 rings (SSSR count). The third-order valence-electron chi connectivity index (χ3n) is 3.50. The van der Waals surface area contributed by atoms with Gasteiger partial charge in [-0.15, -0.1) is 0 Å². The van der Waals surface area contributed by atoms with Gasteiger partial charge in [0.1, 0.15) is 0 Å². The average molecular weight is 293 g/mol.